The van der Waals surface area contributed by atoms with Gasteiger partial charge in [0.1, 0.15) is 0 Å². The number of hydrogen-bond acceptors (Lipinski definition) is 5. The smallest absolute Gasteiger partial charge is 0.222 e. The molecular formula is C11H22N2O4S. The van der Waals surface area contributed by atoms with E-state index in [4.69, 9.17) is 0 Å². The molecule has 1 rings (SSSR count). The van der Waals surface area contributed by atoms with E-state index in [1.165, 1.54) is 0 Å². The number of carbonyl (C=O) groups is 1. The Morgan fingerprint density at radius 3 is 2.72 bits per heavy atom. The highest BCUT2D eigenvalue weighted by atomic mass is 32.2. The normalized spacial score (nSPS) is 26.3. The Kier molecular flexibility index (Phi) is 5.12. The van der Waals surface area contributed by atoms with Crippen LogP contribution < -0.4 is 10.6 Å². The van der Waals surface area contributed by atoms with E-state index in [9.17, 15) is 18.3 Å². The van der Waals surface area contributed by atoms with Gasteiger partial charge in [-0.2, -0.15) is 0 Å². The van der Waals surface area contributed by atoms with Gasteiger partial charge in [0.25, 0.3) is 0 Å². The molecular weight excluding hydrogens is 256 g/mol. The zero-order valence-corrected chi connectivity index (χ0v) is 11.7. The lowest BCUT2D eigenvalue weighted by molar-refractivity contribution is -0.123. The molecule has 0 radical (unpaired) electrons. The third-order valence-corrected chi connectivity index (χ3v) is 5.04. The van der Waals surface area contributed by atoms with Gasteiger partial charge in [-0.15, -0.1) is 0 Å². The summed E-state index contributed by atoms with van der Waals surface area (Å²) in [6, 6.07) is -0.330. The average molecular weight is 278 g/mol. The molecule has 0 bridgehead atoms. The fourth-order valence-corrected chi connectivity index (χ4v) is 3.29. The van der Waals surface area contributed by atoms with Crippen molar-refractivity contribution in [1.82, 2.24) is 10.6 Å². The van der Waals surface area contributed by atoms with Gasteiger partial charge >= 0.3 is 0 Å². The standard InChI is InChI=1S/C11H22N2O4S/c1-3-11(2,8-14)13-10(15)6-9-7-18(16,17)5-4-12-9/h9,12,14H,3-8H2,1-2H3,(H,13,15). The van der Waals surface area contributed by atoms with E-state index >= 15 is 0 Å². The van der Waals surface area contributed by atoms with Crippen molar-refractivity contribution in [1.29, 1.82) is 0 Å². The number of nitrogens with one attached hydrogen (secondary N) is 2. The summed E-state index contributed by atoms with van der Waals surface area (Å²) in [5.74, 6) is -0.0976. The Labute approximate surface area is 108 Å². The summed E-state index contributed by atoms with van der Waals surface area (Å²) in [7, 11) is -3.02. The summed E-state index contributed by atoms with van der Waals surface area (Å²) in [5, 5.41) is 15.0. The number of sulfone groups is 1. The van der Waals surface area contributed by atoms with Crippen LogP contribution in [0.15, 0.2) is 0 Å². The summed E-state index contributed by atoms with van der Waals surface area (Å²) in [6.45, 7) is 3.90. The Morgan fingerprint density at radius 1 is 1.56 bits per heavy atom. The minimum Gasteiger partial charge on any atom is -0.394 e. The number of aliphatic hydroxyl groups is 1. The van der Waals surface area contributed by atoms with Crippen LogP contribution in [0, 0.1) is 0 Å². The van der Waals surface area contributed by atoms with E-state index in [1.54, 1.807) is 6.92 Å². The predicted molar refractivity (Wildman–Crippen MR) is 69.0 cm³/mol. The minimum atomic E-state index is -3.02. The molecule has 18 heavy (non-hydrogen) atoms. The number of hydrogen-bond donors (Lipinski definition) is 3. The van der Waals surface area contributed by atoms with Crippen LogP contribution in [0.4, 0.5) is 0 Å². The van der Waals surface area contributed by atoms with Crippen molar-refractivity contribution in [3.05, 3.63) is 0 Å². The van der Waals surface area contributed by atoms with Crippen molar-refractivity contribution in [3.8, 4) is 0 Å². The third-order valence-electron chi connectivity index (χ3n) is 3.30. The summed E-state index contributed by atoms with van der Waals surface area (Å²) in [5.41, 5.74) is -0.634. The van der Waals surface area contributed by atoms with Crippen molar-refractivity contribution < 1.29 is 18.3 Å². The summed E-state index contributed by atoms with van der Waals surface area (Å²) >= 11 is 0. The first-order chi connectivity index (χ1) is 8.30. The molecule has 0 aromatic rings. The molecule has 2 atom stereocenters. The maximum absolute atomic E-state index is 11.8. The molecule has 0 aromatic heterocycles. The van der Waals surface area contributed by atoms with Crippen LogP contribution in [0.5, 0.6) is 0 Å². The van der Waals surface area contributed by atoms with Crippen LogP contribution in [0.2, 0.25) is 0 Å². The molecule has 1 aliphatic rings. The molecule has 2 unspecified atom stereocenters. The third kappa shape index (κ3) is 4.55. The van der Waals surface area contributed by atoms with Gasteiger partial charge < -0.3 is 15.7 Å². The van der Waals surface area contributed by atoms with E-state index < -0.39 is 15.4 Å². The monoisotopic (exact) mass is 278 g/mol. The number of aliphatic hydroxyl groups excluding tert-OH is 1. The highest BCUT2D eigenvalue weighted by Crippen LogP contribution is 2.10. The van der Waals surface area contributed by atoms with Gasteiger partial charge in [-0.3, -0.25) is 4.79 Å². The Bertz CT molecular complexity index is 390. The number of rotatable bonds is 5. The molecule has 6 nitrogen and oxygen atoms in total. The second-order valence-corrected chi connectivity index (χ2v) is 7.32. The second kappa shape index (κ2) is 5.99. The van der Waals surface area contributed by atoms with E-state index in [2.05, 4.69) is 10.6 Å². The molecule has 1 saturated heterocycles. The topological polar surface area (TPSA) is 95.5 Å². The molecule has 3 N–H and O–H groups in total. The van der Waals surface area contributed by atoms with Gasteiger partial charge in [-0.25, -0.2) is 8.42 Å². The SMILES string of the molecule is CCC(C)(CO)NC(=O)CC1CS(=O)(=O)CCN1. The van der Waals surface area contributed by atoms with Crippen molar-refractivity contribution in [3.63, 3.8) is 0 Å². The fraction of sp³-hybridized carbons (Fsp3) is 0.909. The lowest BCUT2D eigenvalue weighted by atomic mass is 10.00. The predicted octanol–water partition coefficient (Wildman–Crippen LogP) is -0.960. The lowest BCUT2D eigenvalue weighted by Gasteiger charge is -2.29. The van der Waals surface area contributed by atoms with E-state index in [1.807, 2.05) is 6.92 Å². The largest absolute Gasteiger partial charge is 0.394 e. The highest BCUT2D eigenvalue weighted by molar-refractivity contribution is 7.91. The first kappa shape index (κ1) is 15.4. The number of amides is 1. The molecule has 0 spiro atoms. The van der Waals surface area contributed by atoms with E-state index in [-0.39, 0.29) is 36.5 Å². The Hall–Kier alpha value is -0.660. The van der Waals surface area contributed by atoms with Crippen LogP contribution in [-0.2, 0) is 14.6 Å². The van der Waals surface area contributed by atoms with Gasteiger partial charge in [0.15, 0.2) is 9.84 Å². The van der Waals surface area contributed by atoms with Crippen LogP contribution in [-0.4, -0.2) is 55.7 Å². The second-order valence-electron chi connectivity index (χ2n) is 5.09. The maximum atomic E-state index is 11.8. The molecule has 0 aliphatic carbocycles. The molecule has 0 saturated carbocycles. The van der Waals surface area contributed by atoms with Crippen LogP contribution in [0.3, 0.4) is 0 Å². The van der Waals surface area contributed by atoms with E-state index in [0.717, 1.165) is 0 Å². The first-order valence-electron chi connectivity index (χ1n) is 6.16. The Balaban J connectivity index is 2.50. The van der Waals surface area contributed by atoms with Gasteiger partial charge in [-0.05, 0) is 13.3 Å². The molecule has 1 fully saturated rings. The van der Waals surface area contributed by atoms with Crippen molar-refractivity contribution in [2.24, 2.45) is 0 Å². The summed E-state index contributed by atoms with van der Waals surface area (Å²) < 4.78 is 22.9. The lowest BCUT2D eigenvalue weighted by Crippen LogP contribution is -2.52. The minimum absolute atomic E-state index is 0.00237. The molecule has 0 aromatic carbocycles. The van der Waals surface area contributed by atoms with Crippen molar-refractivity contribution >= 4 is 15.7 Å². The quantitative estimate of drug-likeness (QED) is 0.602. The molecule has 7 heteroatoms. The molecule has 1 heterocycles. The highest BCUT2D eigenvalue weighted by Gasteiger charge is 2.28. The average Bonchev–Trinajstić information content (AvgIpc) is 2.27. The summed E-state index contributed by atoms with van der Waals surface area (Å²) in [6.07, 6.45) is 0.737. The van der Waals surface area contributed by atoms with E-state index in [0.29, 0.717) is 13.0 Å². The van der Waals surface area contributed by atoms with Gasteiger partial charge in [0, 0.05) is 19.0 Å². The van der Waals surface area contributed by atoms with Gasteiger partial charge in [0.2, 0.25) is 5.91 Å². The molecule has 106 valence electrons. The van der Waals surface area contributed by atoms with Gasteiger partial charge in [0.05, 0.1) is 23.7 Å². The van der Waals surface area contributed by atoms with Crippen molar-refractivity contribution in [2.75, 3.05) is 24.7 Å². The van der Waals surface area contributed by atoms with Crippen LogP contribution in [0.25, 0.3) is 0 Å². The molecule has 1 aliphatic heterocycles. The summed E-state index contributed by atoms with van der Waals surface area (Å²) in [4.78, 5) is 11.8. The zero-order valence-electron chi connectivity index (χ0n) is 10.9. The fourth-order valence-electron chi connectivity index (χ4n) is 1.85. The Morgan fingerprint density at radius 2 is 2.22 bits per heavy atom. The van der Waals surface area contributed by atoms with Crippen LogP contribution >= 0.6 is 0 Å². The van der Waals surface area contributed by atoms with Crippen LogP contribution in [0.1, 0.15) is 26.7 Å². The number of carbonyl (C=O) groups excluding carboxylic acids is 1. The molecule has 1 amide bonds. The van der Waals surface area contributed by atoms with Gasteiger partial charge in [-0.1, -0.05) is 6.92 Å². The maximum Gasteiger partial charge on any atom is 0.222 e. The first-order valence-corrected chi connectivity index (χ1v) is 7.98. The zero-order chi connectivity index (χ0) is 13.8. The van der Waals surface area contributed by atoms with Crippen molar-refractivity contribution in [2.45, 2.75) is 38.3 Å².